The SMILES string of the molecule is CC(C)=CCC[C@@]1(C)Oc2ccc(OCC(C)(C)O)cc2[C@H]2O[C@H]3CCN(C(=O)OC(C)(C)C)C[C@@H]3C[C@@H]21. The molecule has 1 N–H and O–H groups in total. The highest BCUT2D eigenvalue weighted by atomic mass is 16.6. The second-order valence-electron chi connectivity index (χ2n) is 13.4. The number of hydrogen-bond acceptors (Lipinski definition) is 6. The van der Waals surface area contributed by atoms with Gasteiger partial charge in [-0.2, -0.15) is 0 Å². The molecular formula is C31H47NO6. The third-order valence-corrected chi connectivity index (χ3v) is 7.76. The molecule has 4 rings (SSSR count). The van der Waals surface area contributed by atoms with E-state index in [1.807, 2.05) is 43.9 Å². The predicted octanol–water partition coefficient (Wildman–Crippen LogP) is 6.44. The molecule has 212 valence electrons. The number of amides is 1. The van der Waals surface area contributed by atoms with Gasteiger partial charge in [0.15, 0.2) is 0 Å². The Balaban J connectivity index is 1.59. The van der Waals surface area contributed by atoms with Crippen LogP contribution in [0, 0.1) is 11.8 Å². The maximum atomic E-state index is 12.8. The minimum atomic E-state index is -0.922. The molecule has 0 spiro atoms. The standard InChI is InChI=1S/C31H47NO6/c1-20(2)10-9-14-31(8)24-16-21-18-32(28(33)38-29(3,4)5)15-13-25(21)36-27(24)23-17-22(11-12-26(23)37-31)35-19-30(6,7)34/h10-12,17,21,24-25,27,34H,9,13-16,18-19H2,1-8H3/t21-,24-,25-,27+,31+/m0/s1. The molecule has 3 heterocycles. The summed E-state index contributed by atoms with van der Waals surface area (Å²) < 4.78 is 25.3. The lowest BCUT2D eigenvalue weighted by Crippen LogP contribution is -2.57. The number of allylic oxidation sites excluding steroid dienone is 2. The van der Waals surface area contributed by atoms with Crippen LogP contribution >= 0.6 is 0 Å². The van der Waals surface area contributed by atoms with Gasteiger partial charge in [0.1, 0.15) is 29.3 Å². The Morgan fingerprint density at radius 3 is 2.63 bits per heavy atom. The lowest BCUT2D eigenvalue weighted by Gasteiger charge is -2.54. The maximum Gasteiger partial charge on any atom is 0.410 e. The minimum Gasteiger partial charge on any atom is -0.491 e. The summed E-state index contributed by atoms with van der Waals surface area (Å²) in [5.74, 6) is 1.89. The second-order valence-corrected chi connectivity index (χ2v) is 13.4. The molecular weight excluding hydrogens is 482 g/mol. The van der Waals surface area contributed by atoms with Gasteiger partial charge in [0.05, 0.1) is 17.8 Å². The van der Waals surface area contributed by atoms with Crippen molar-refractivity contribution >= 4 is 6.09 Å². The van der Waals surface area contributed by atoms with Crippen molar-refractivity contribution < 1.29 is 28.8 Å². The van der Waals surface area contributed by atoms with E-state index in [1.165, 1.54) is 5.57 Å². The summed E-state index contributed by atoms with van der Waals surface area (Å²) >= 11 is 0. The number of ether oxygens (including phenoxy) is 4. The Hall–Kier alpha value is -2.25. The van der Waals surface area contributed by atoms with Crippen molar-refractivity contribution in [2.45, 2.75) is 110 Å². The van der Waals surface area contributed by atoms with Crippen molar-refractivity contribution in [3.63, 3.8) is 0 Å². The van der Waals surface area contributed by atoms with E-state index >= 15 is 0 Å². The molecule has 0 radical (unpaired) electrons. The first-order valence-electron chi connectivity index (χ1n) is 14.1. The van der Waals surface area contributed by atoms with Crippen LogP contribution in [0.1, 0.15) is 92.7 Å². The lowest BCUT2D eigenvalue weighted by atomic mass is 9.68. The van der Waals surface area contributed by atoms with Crippen LogP contribution in [0.5, 0.6) is 11.5 Å². The fourth-order valence-corrected chi connectivity index (χ4v) is 5.90. The van der Waals surface area contributed by atoms with Crippen LogP contribution in [-0.2, 0) is 9.47 Å². The summed E-state index contributed by atoms with van der Waals surface area (Å²) in [6.07, 6.45) is 5.49. The first-order valence-corrected chi connectivity index (χ1v) is 14.1. The molecule has 38 heavy (non-hydrogen) atoms. The zero-order chi connectivity index (χ0) is 27.9. The largest absolute Gasteiger partial charge is 0.491 e. The van der Waals surface area contributed by atoms with E-state index in [2.05, 4.69) is 26.8 Å². The Morgan fingerprint density at radius 2 is 1.97 bits per heavy atom. The molecule has 0 aromatic heterocycles. The fraction of sp³-hybridized carbons (Fsp3) is 0.710. The number of piperidine rings is 1. The first-order chi connectivity index (χ1) is 17.6. The molecule has 7 nitrogen and oxygen atoms in total. The number of rotatable bonds is 6. The highest BCUT2D eigenvalue weighted by Gasteiger charge is 2.53. The van der Waals surface area contributed by atoms with Gasteiger partial charge in [0, 0.05) is 30.5 Å². The lowest BCUT2D eigenvalue weighted by molar-refractivity contribution is -0.191. The average molecular weight is 530 g/mol. The molecule has 0 unspecified atom stereocenters. The monoisotopic (exact) mass is 529 g/mol. The highest BCUT2D eigenvalue weighted by molar-refractivity contribution is 5.68. The summed E-state index contributed by atoms with van der Waals surface area (Å²) in [7, 11) is 0. The number of carbonyl (C=O) groups is 1. The van der Waals surface area contributed by atoms with Gasteiger partial charge in [-0.1, -0.05) is 11.6 Å². The van der Waals surface area contributed by atoms with Gasteiger partial charge >= 0.3 is 6.09 Å². The number of benzene rings is 1. The molecule has 1 amide bonds. The highest BCUT2D eigenvalue weighted by Crippen LogP contribution is 2.55. The van der Waals surface area contributed by atoms with Gasteiger partial charge in [-0.15, -0.1) is 0 Å². The van der Waals surface area contributed by atoms with E-state index in [4.69, 9.17) is 18.9 Å². The Labute approximate surface area is 228 Å². The van der Waals surface area contributed by atoms with Crippen molar-refractivity contribution in [3.8, 4) is 11.5 Å². The fourth-order valence-electron chi connectivity index (χ4n) is 5.90. The van der Waals surface area contributed by atoms with Crippen molar-refractivity contribution in [3.05, 3.63) is 35.4 Å². The molecule has 2 saturated heterocycles. The zero-order valence-electron chi connectivity index (χ0n) is 24.5. The van der Waals surface area contributed by atoms with Crippen molar-refractivity contribution in [1.29, 1.82) is 0 Å². The normalized spacial score (nSPS) is 28.8. The second kappa shape index (κ2) is 10.7. The van der Waals surface area contributed by atoms with E-state index in [1.54, 1.807) is 13.8 Å². The van der Waals surface area contributed by atoms with Crippen LogP contribution in [0.4, 0.5) is 4.79 Å². The van der Waals surface area contributed by atoms with E-state index < -0.39 is 16.8 Å². The van der Waals surface area contributed by atoms with Gasteiger partial charge in [-0.05, 0) is 99.3 Å². The molecule has 3 aliphatic rings. The summed E-state index contributed by atoms with van der Waals surface area (Å²) in [5.41, 5.74) is 0.469. The van der Waals surface area contributed by atoms with Crippen molar-refractivity contribution in [2.75, 3.05) is 19.7 Å². The quantitative estimate of drug-likeness (QED) is 0.428. The number of likely N-dealkylation sites (tertiary alicyclic amines) is 1. The number of carbonyl (C=O) groups excluding carboxylic acids is 1. The molecule has 3 aliphatic heterocycles. The van der Waals surface area contributed by atoms with Crippen LogP contribution in [-0.4, -0.2) is 58.7 Å². The Morgan fingerprint density at radius 1 is 1.24 bits per heavy atom. The topological polar surface area (TPSA) is 77.5 Å². The smallest absolute Gasteiger partial charge is 0.410 e. The minimum absolute atomic E-state index is 0.0730. The average Bonchev–Trinajstić information content (AvgIpc) is 2.80. The zero-order valence-corrected chi connectivity index (χ0v) is 24.5. The van der Waals surface area contributed by atoms with Crippen molar-refractivity contribution in [2.24, 2.45) is 11.8 Å². The van der Waals surface area contributed by atoms with Gasteiger partial charge in [-0.3, -0.25) is 0 Å². The van der Waals surface area contributed by atoms with E-state index in [-0.39, 0.29) is 36.7 Å². The molecule has 0 aliphatic carbocycles. The van der Waals surface area contributed by atoms with Crippen LogP contribution in [0.25, 0.3) is 0 Å². The molecule has 1 aromatic carbocycles. The van der Waals surface area contributed by atoms with E-state index in [0.717, 1.165) is 37.0 Å². The summed E-state index contributed by atoms with van der Waals surface area (Å²) in [6, 6.07) is 5.90. The molecule has 7 heteroatoms. The number of fused-ring (bicyclic) bond motifs is 4. The summed E-state index contributed by atoms with van der Waals surface area (Å²) in [4.78, 5) is 14.7. The van der Waals surface area contributed by atoms with Gasteiger partial charge in [0.2, 0.25) is 0 Å². The molecule has 0 saturated carbocycles. The third kappa shape index (κ3) is 6.84. The third-order valence-electron chi connectivity index (χ3n) is 7.76. The summed E-state index contributed by atoms with van der Waals surface area (Å²) in [6.45, 7) is 17.1. The van der Waals surface area contributed by atoms with Crippen LogP contribution in [0.2, 0.25) is 0 Å². The molecule has 1 aromatic rings. The van der Waals surface area contributed by atoms with Crippen LogP contribution < -0.4 is 9.47 Å². The molecule has 2 fully saturated rings. The number of hydrogen-bond donors (Lipinski definition) is 1. The Bertz CT molecular complexity index is 1030. The number of nitrogens with zero attached hydrogens (tertiary/aromatic N) is 1. The molecule has 5 atom stereocenters. The van der Waals surface area contributed by atoms with Crippen LogP contribution in [0.15, 0.2) is 29.8 Å². The first kappa shape index (κ1) is 28.8. The Kier molecular flexibility index (Phi) is 8.11. The summed E-state index contributed by atoms with van der Waals surface area (Å²) in [5, 5.41) is 10.1. The van der Waals surface area contributed by atoms with Gasteiger partial charge < -0.3 is 29.0 Å². The van der Waals surface area contributed by atoms with Gasteiger partial charge in [-0.25, -0.2) is 4.79 Å². The maximum absolute atomic E-state index is 12.8. The predicted molar refractivity (Wildman–Crippen MR) is 148 cm³/mol. The van der Waals surface area contributed by atoms with Crippen molar-refractivity contribution in [1.82, 2.24) is 4.90 Å². The van der Waals surface area contributed by atoms with E-state index in [9.17, 15) is 9.90 Å². The van der Waals surface area contributed by atoms with Crippen LogP contribution in [0.3, 0.4) is 0 Å². The molecule has 0 bridgehead atoms. The number of aliphatic hydroxyl groups is 1. The van der Waals surface area contributed by atoms with E-state index in [0.29, 0.717) is 18.8 Å². The van der Waals surface area contributed by atoms with Gasteiger partial charge in [0.25, 0.3) is 0 Å².